The molecule has 0 bridgehead atoms. The number of imidazole rings is 1. The molecule has 1 heterocycles. The second kappa shape index (κ2) is 4.53. The molecule has 3 aromatic rings. The van der Waals surface area contributed by atoms with Gasteiger partial charge in [-0.3, -0.25) is 0 Å². The first-order valence-corrected chi connectivity index (χ1v) is 6.10. The van der Waals surface area contributed by atoms with Crippen molar-refractivity contribution in [1.82, 2.24) is 9.55 Å². The molecule has 2 aromatic carbocycles. The number of aryl methyl sites for hydroxylation is 1. The van der Waals surface area contributed by atoms with Crippen LogP contribution in [0.3, 0.4) is 0 Å². The van der Waals surface area contributed by atoms with Crippen molar-refractivity contribution in [2.45, 2.75) is 0 Å². The van der Waals surface area contributed by atoms with Gasteiger partial charge in [0.1, 0.15) is 5.82 Å². The van der Waals surface area contributed by atoms with Gasteiger partial charge in [0, 0.05) is 12.6 Å². The zero-order valence-corrected chi connectivity index (χ0v) is 10.8. The number of aromatic nitrogens is 2. The van der Waals surface area contributed by atoms with Gasteiger partial charge >= 0.3 is 0 Å². The lowest BCUT2D eigenvalue weighted by Crippen LogP contribution is -1.93. The monoisotopic (exact) mass is 258 g/mol. The summed E-state index contributed by atoms with van der Waals surface area (Å²) in [5.41, 5.74) is 3.84. The molecule has 4 nitrogen and oxygen atoms in total. The van der Waals surface area contributed by atoms with Crippen LogP contribution in [0.1, 0.15) is 11.1 Å². The maximum Gasteiger partial charge on any atom is 0.140 e. The quantitative estimate of drug-likeness (QED) is 0.674. The Bertz CT molecular complexity index is 891. The molecular weight excluding hydrogens is 248 g/mol. The first kappa shape index (κ1) is 12.0. The van der Waals surface area contributed by atoms with Crippen molar-refractivity contribution in [3.63, 3.8) is 0 Å². The maximum atomic E-state index is 8.97. The van der Waals surface area contributed by atoms with E-state index in [1.807, 2.05) is 41.9 Å². The predicted octanol–water partition coefficient (Wildman–Crippen LogP) is 2.98. The molecule has 0 saturated heterocycles. The van der Waals surface area contributed by atoms with Gasteiger partial charge in [0.2, 0.25) is 0 Å². The van der Waals surface area contributed by atoms with Gasteiger partial charge in [-0.1, -0.05) is 12.1 Å². The van der Waals surface area contributed by atoms with E-state index in [-0.39, 0.29) is 0 Å². The lowest BCUT2D eigenvalue weighted by Gasteiger charge is -2.02. The number of benzene rings is 2. The summed E-state index contributed by atoms with van der Waals surface area (Å²) in [6.45, 7) is 0. The molecule has 94 valence electrons. The average molecular weight is 258 g/mol. The Balaban J connectivity index is 2.24. The second-order valence-electron chi connectivity index (χ2n) is 4.50. The third-order valence-corrected chi connectivity index (χ3v) is 3.26. The Hall–Kier alpha value is -3.11. The Labute approximate surface area is 116 Å². The van der Waals surface area contributed by atoms with E-state index in [9.17, 15) is 0 Å². The van der Waals surface area contributed by atoms with Crippen molar-refractivity contribution < 1.29 is 0 Å². The number of fused-ring (bicyclic) bond motifs is 1. The van der Waals surface area contributed by atoms with Crippen molar-refractivity contribution in [2.75, 3.05) is 0 Å². The molecular formula is C16H10N4. The first-order valence-electron chi connectivity index (χ1n) is 6.10. The lowest BCUT2D eigenvalue weighted by molar-refractivity contribution is 0.959. The summed E-state index contributed by atoms with van der Waals surface area (Å²) in [4.78, 5) is 4.58. The van der Waals surface area contributed by atoms with E-state index in [4.69, 9.17) is 10.5 Å². The SMILES string of the molecule is Cn1c(-c2cccc(C#N)c2)nc2ccc(C#N)cc21. The third kappa shape index (κ3) is 1.81. The number of rotatable bonds is 1. The summed E-state index contributed by atoms with van der Waals surface area (Å²) in [5, 5.41) is 17.9. The van der Waals surface area contributed by atoms with Crippen molar-refractivity contribution in [3.05, 3.63) is 53.6 Å². The van der Waals surface area contributed by atoms with Gasteiger partial charge in [-0.25, -0.2) is 4.98 Å². The van der Waals surface area contributed by atoms with Crippen LogP contribution in [0.2, 0.25) is 0 Å². The van der Waals surface area contributed by atoms with Crippen LogP contribution in [0.25, 0.3) is 22.4 Å². The van der Waals surface area contributed by atoms with Crippen molar-refractivity contribution in [3.8, 4) is 23.5 Å². The molecule has 0 saturated carbocycles. The van der Waals surface area contributed by atoms with Crippen molar-refractivity contribution in [1.29, 1.82) is 10.5 Å². The third-order valence-electron chi connectivity index (χ3n) is 3.26. The van der Waals surface area contributed by atoms with E-state index in [1.165, 1.54) is 0 Å². The summed E-state index contributed by atoms with van der Waals surface area (Å²) in [6, 6.07) is 17.0. The smallest absolute Gasteiger partial charge is 0.140 e. The Kier molecular flexibility index (Phi) is 2.71. The maximum absolute atomic E-state index is 8.97. The Morgan fingerprint density at radius 3 is 2.50 bits per heavy atom. The van der Waals surface area contributed by atoms with Gasteiger partial charge in [0.15, 0.2) is 0 Å². The molecule has 0 spiro atoms. The summed E-state index contributed by atoms with van der Waals surface area (Å²) >= 11 is 0. The zero-order valence-electron chi connectivity index (χ0n) is 10.8. The molecule has 0 radical (unpaired) electrons. The normalized spacial score (nSPS) is 10.2. The average Bonchev–Trinajstić information content (AvgIpc) is 2.84. The number of hydrogen-bond acceptors (Lipinski definition) is 3. The molecule has 4 heteroatoms. The van der Waals surface area contributed by atoms with Gasteiger partial charge in [0.25, 0.3) is 0 Å². The fourth-order valence-corrected chi connectivity index (χ4v) is 2.25. The summed E-state index contributed by atoms with van der Waals surface area (Å²) in [5.74, 6) is 0.784. The highest BCUT2D eigenvalue weighted by molar-refractivity contribution is 5.82. The van der Waals surface area contributed by atoms with Crippen LogP contribution < -0.4 is 0 Å². The molecule has 0 unspecified atom stereocenters. The van der Waals surface area contributed by atoms with E-state index in [0.29, 0.717) is 11.1 Å². The number of nitriles is 2. The summed E-state index contributed by atoms with van der Waals surface area (Å²) in [7, 11) is 1.91. The molecule has 0 atom stereocenters. The molecule has 0 aliphatic carbocycles. The van der Waals surface area contributed by atoms with Crippen LogP contribution in [-0.2, 0) is 7.05 Å². The minimum absolute atomic E-state index is 0.604. The molecule has 0 N–H and O–H groups in total. The second-order valence-corrected chi connectivity index (χ2v) is 4.50. The van der Waals surface area contributed by atoms with Crippen LogP contribution >= 0.6 is 0 Å². The van der Waals surface area contributed by atoms with E-state index >= 15 is 0 Å². The van der Waals surface area contributed by atoms with E-state index in [1.54, 1.807) is 12.1 Å². The van der Waals surface area contributed by atoms with E-state index in [0.717, 1.165) is 22.4 Å². The molecule has 0 amide bonds. The van der Waals surface area contributed by atoms with E-state index in [2.05, 4.69) is 17.1 Å². The first-order chi connectivity index (χ1) is 9.72. The largest absolute Gasteiger partial charge is 0.327 e. The van der Waals surface area contributed by atoms with Gasteiger partial charge < -0.3 is 4.57 Å². The molecule has 1 aromatic heterocycles. The van der Waals surface area contributed by atoms with Gasteiger partial charge in [-0.15, -0.1) is 0 Å². The van der Waals surface area contributed by atoms with Crippen molar-refractivity contribution >= 4 is 11.0 Å². The lowest BCUT2D eigenvalue weighted by atomic mass is 10.1. The highest BCUT2D eigenvalue weighted by atomic mass is 15.1. The molecule has 3 rings (SSSR count). The highest BCUT2D eigenvalue weighted by Crippen LogP contribution is 2.24. The van der Waals surface area contributed by atoms with Crippen LogP contribution in [0.15, 0.2) is 42.5 Å². The fraction of sp³-hybridized carbons (Fsp3) is 0.0625. The van der Waals surface area contributed by atoms with Crippen molar-refractivity contribution in [2.24, 2.45) is 7.05 Å². The van der Waals surface area contributed by atoms with Gasteiger partial charge in [0.05, 0.1) is 34.3 Å². The minimum Gasteiger partial charge on any atom is -0.327 e. The molecule has 20 heavy (non-hydrogen) atoms. The zero-order chi connectivity index (χ0) is 14.1. The number of nitrogens with zero attached hydrogens (tertiary/aromatic N) is 4. The standard InChI is InChI=1S/C16H10N4/c1-20-15-8-12(10-18)5-6-14(15)19-16(20)13-4-2-3-11(7-13)9-17/h2-8H,1H3. The van der Waals surface area contributed by atoms with Crippen LogP contribution in [-0.4, -0.2) is 9.55 Å². The van der Waals surface area contributed by atoms with E-state index < -0.39 is 0 Å². The molecule has 0 aliphatic heterocycles. The Morgan fingerprint density at radius 1 is 1.00 bits per heavy atom. The van der Waals surface area contributed by atoms with Crippen LogP contribution in [0.5, 0.6) is 0 Å². The summed E-state index contributed by atoms with van der Waals surface area (Å²) < 4.78 is 1.94. The van der Waals surface area contributed by atoms with Gasteiger partial charge in [-0.05, 0) is 30.3 Å². The fourth-order valence-electron chi connectivity index (χ4n) is 2.25. The van der Waals surface area contributed by atoms with Gasteiger partial charge in [-0.2, -0.15) is 10.5 Å². The number of hydrogen-bond donors (Lipinski definition) is 0. The minimum atomic E-state index is 0.604. The molecule has 0 aliphatic rings. The Morgan fingerprint density at radius 2 is 1.75 bits per heavy atom. The topological polar surface area (TPSA) is 65.4 Å². The summed E-state index contributed by atoms with van der Waals surface area (Å²) in [6.07, 6.45) is 0. The predicted molar refractivity (Wildman–Crippen MR) is 75.6 cm³/mol. The van der Waals surface area contributed by atoms with Crippen LogP contribution in [0.4, 0.5) is 0 Å². The molecule has 0 fully saturated rings. The van der Waals surface area contributed by atoms with Crippen LogP contribution in [0, 0.1) is 22.7 Å². The highest BCUT2D eigenvalue weighted by Gasteiger charge is 2.10.